The topological polar surface area (TPSA) is 30.0 Å². The molecule has 3 rings (SSSR count). The highest BCUT2D eigenvalue weighted by atomic mass is 32.1. The Bertz CT molecular complexity index is 790. The molecule has 5 heteroatoms. The van der Waals surface area contributed by atoms with Crippen molar-refractivity contribution in [1.82, 2.24) is 4.98 Å². The third-order valence-electron chi connectivity index (χ3n) is 2.77. The molecule has 0 unspecified atom stereocenters. The van der Waals surface area contributed by atoms with Crippen molar-refractivity contribution in [1.29, 1.82) is 0 Å². The van der Waals surface area contributed by atoms with Gasteiger partial charge in [0.25, 0.3) is 0 Å². The van der Waals surface area contributed by atoms with E-state index >= 15 is 0 Å². The van der Waals surface area contributed by atoms with E-state index in [-0.39, 0.29) is 5.78 Å². The van der Waals surface area contributed by atoms with Gasteiger partial charge < -0.3 is 0 Å². The number of aromatic nitrogens is 1. The van der Waals surface area contributed by atoms with Crippen molar-refractivity contribution in [2.24, 2.45) is 0 Å². The number of halogens is 1. The summed E-state index contributed by atoms with van der Waals surface area (Å²) < 4.78 is 13.1. The minimum absolute atomic E-state index is 0.236. The fraction of sp³-hybridized carbons (Fsp3) is 0. The highest BCUT2D eigenvalue weighted by molar-refractivity contribution is 7.20. The molecule has 0 atom stereocenters. The molecular weight excluding hydrogens is 305 g/mol. The molecule has 0 spiro atoms. The lowest BCUT2D eigenvalue weighted by molar-refractivity contribution is 0.104. The van der Waals surface area contributed by atoms with Gasteiger partial charge in [0, 0.05) is 10.9 Å². The Morgan fingerprint density at radius 3 is 2.86 bits per heavy atom. The van der Waals surface area contributed by atoms with E-state index in [0.717, 1.165) is 15.6 Å². The minimum atomic E-state index is -0.414. The van der Waals surface area contributed by atoms with Crippen LogP contribution in [0.1, 0.15) is 16.1 Å². The molecule has 0 N–H and O–H groups in total. The number of benzene rings is 1. The highest BCUT2D eigenvalue weighted by Crippen LogP contribution is 2.28. The summed E-state index contributed by atoms with van der Waals surface area (Å²) in [5, 5.41) is 4.83. The maximum atomic E-state index is 13.1. The summed E-state index contributed by atoms with van der Waals surface area (Å²) >= 11 is 3.16. The molecule has 0 aliphatic heterocycles. The number of hydrogen-bond donors (Lipinski definition) is 0. The van der Waals surface area contributed by atoms with Gasteiger partial charge in [0.1, 0.15) is 10.8 Å². The van der Waals surface area contributed by atoms with E-state index in [1.807, 2.05) is 22.9 Å². The first-order valence-electron chi connectivity index (χ1n) is 6.20. The Balaban J connectivity index is 1.76. The van der Waals surface area contributed by atoms with Gasteiger partial charge in [-0.2, -0.15) is 0 Å². The fourth-order valence-corrected chi connectivity index (χ4v) is 3.38. The molecular formula is C16H10FNOS2. The van der Waals surface area contributed by atoms with Gasteiger partial charge in [0.05, 0.1) is 10.6 Å². The Kier molecular flexibility index (Phi) is 4.03. The number of carbonyl (C=O) groups excluding carboxylic acids is 1. The van der Waals surface area contributed by atoms with Crippen LogP contribution in [0, 0.1) is 5.82 Å². The van der Waals surface area contributed by atoms with Crippen molar-refractivity contribution >= 4 is 34.5 Å². The first kappa shape index (κ1) is 13.9. The van der Waals surface area contributed by atoms with Crippen LogP contribution >= 0.6 is 22.7 Å². The van der Waals surface area contributed by atoms with Crippen molar-refractivity contribution in [3.05, 3.63) is 70.3 Å². The van der Waals surface area contributed by atoms with E-state index in [9.17, 15) is 9.18 Å². The molecule has 1 aromatic carbocycles. The van der Waals surface area contributed by atoms with Crippen LogP contribution in [0.2, 0.25) is 0 Å². The second-order valence-corrected chi connectivity index (χ2v) is 6.07. The predicted octanol–water partition coefficient (Wildman–Crippen LogP) is 4.91. The first-order chi connectivity index (χ1) is 10.2. The summed E-state index contributed by atoms with van der Waals surface area (Å²) in [5.41, 5.74) is 1.06. The summed E-state index contributed by atoms with van der Waals surface area (Å²) in [6.45, 7) is 0. The average molecular weight is 315 g/mol. The van der Waals surface area contributed by atoms with Gasteiger partial charge >= 0.3 is 0 Å². The predicted molar refractivity (Wildman–Crippen MR) is 85.2 cm³/mol. The van der Waals surface area contributed by atoms with Crippen LogP contribution in [-0.4, -0.2) is 10.8 Å². The van der Waals surface area contributed by atoms with E-state index < -0.39 is 5.82 Å². The summed E-state index contributed by atoms with van der Waals surface area (Å²) in [4.78, 5) is 17.5. The number of carbonyl (C=O) groups is 1. The van der Waals surface area contributed by atoms with Crippen LogP contribution < -0.4 is 0 Å². The number of nitrogens with zero attached hydrogens (tertiary/aromatic N) is 1. The summed E-state index contributed by atoms with van der Waals surface area (Å²) in [6.07, 6.45) is 3.07. The normalized spacial score (nSPS) is 11.1. The molecule has 0 saturated carbocycles. The van der Waals surface area contributed by atoms with Gasteiger partial charge in [-0.15, -0.1) is 22.7 Å². The third kappa shape index (κ3) is 3.32. The molecule has 3 aromatic rings. The van der Waals surface area contributed by atoms with Gasteiger partial charge in [-0.05, 0) is 35.7 Å². The van der Waals surface area contributed by atoms with E-state index in [1.54, 1.807) is 23.5 Å². The van der Waals surface area contributed by atoms with Gasteiger partial charge in [-0.3, -0.25) is 4.79 Å². The lowest BCUT2D eigenvalue weighted by Crippen LogP contribution is -1.94. The minimum Gasteiger partial charge on any atom is -0.289 e. The number of thiophene rings is 1. The average Bonchev–Trinajstić information content (AvgIpc) is 3.15. The second kappa shape index (κ2) is 6.11. The van der Waals surface area contributed by atoms with Crippen molar-refractivity contribution in [2.75, 3.05) is 0 Å². The van der Waals surface area contributed by atoms with Crippen LogP contribution in [0.25, 0.3) is 16.0 Å². The van der Waals surface area contributed by atoms with Gasteiger partial charge in [-0.25, -0.2) is 9.37 Å². The largest absolute Gasteiger partial charge is 0.289 e. The summed E-state index contributed by atoms with van der Waals surface area (Å²) in [5.74, 6) is -0.650. The third-order valence-corrected chi connectivity index (χ3v) is 4.67. The van der Waals surface area contributed by atoms with E-state index in [1.165, 1.54) is 35.6 Å². The highest BCUT2D eigenvalue weighted by Gasteiger charge is 2.05. The van der Waals surface area contributed by atoms with E-state index in [0.29, 0.717) is 5.56 Å². The van der Waals surface area contributed by atoms with Crippen LogP contribution in [0.3, 0.4) is 0 Å². The standard InChI is InChI=1S/C16H10FNOS2/c17-12-4-1-3-11(9-12)14(19)7-6-13-10-21-16(18-13)15-5-2-8-20-15/h1-10H/b7-6+. The van der Waals surface area contributed by atoms with Crippen molar-refractivity contribution in [3.8, 4) is 9.88 Å². The molecule has 104 valence electrons. The van der Waals surface area contributed by atoms with Gasteiger partial charge in [0.15, 0.2) is 5.78 Å². The molecule has 0 radical (unpaired) electrons. The SMILES string of the molecule is O=C(/C=C/c1csc(-c2cccs2)n1)c1cccc(F)c1. The maximum Gasteiger partial charge on any atom is 0.186 e. The van der Waals surface area contributed by atoms with Crippen LogP contribution in [0.4, 0.5) is 4.39 Å². The number of ketones is 1. The Morgan fingerprint density at radius 1 is 1.19 bits per heavy atom. The van der Waals surface area contributed by atoms with Crippen molar-refractivity contribution < 1.29 is 9.18 Å². The van der Waals surface area contributed by atoms with Gasteiger partial charge in [-0.1, -0.05) is 18.2 Å². The molecule has 0 aliphatic carbocycles. The van der Waals surface area contributed by atoms with Crippen LogP contribution in [0.15, 0.2) is 53.2 Å². The molecule has 0 fully saturated rings. The Morgan fingerprint density at radius 2 is 2.10 bits per heavy atom. The van der Waals surface area contributed by atoms with E-state index in [2.05, 4.69) is 4.98 Å². The number of allylic oxidation sites excluding steroid dienone is 1. The number of hydrogen-bond acceptors (Lipinski definition) is 4. The molecule has 21 heavy (non-hydrogen) atoms. The Labute approximate surface area is 129 Å². The molecule has 2 nitrogen and oxygen atoms in total. The Hall–Kier alpha value is -2.11. The maximum absolute atomic E-state index is 13.1. The number of thiazole rings is 1. The lowest BCUT2D eigenvalue weighted by atomic mass is 10.1. The molecule has 0 bridgehead atoms. The zero-order valence-corrected chi connectivity index (χ0v) is 12.5. The van der Waals surface area contributed by atoms with Crippen molar-refractivity contribution in [3.63, 3.8) is 0 Å². The molecule has 0 aliphatic rings. The summed E-state index contributed by atoms with van der Waals surface area (Å²) in [6, 6.07) is 9.64. The summed E-state index contributed by atoms with van der Waals surface area (Å²) in [7, 11) is 0. The molecule has 0 saturated heterocycles. The van der Waals surface area contributed by atoms with Crippen molar-refractivity contribution in [2.45, 2.75) is 0 Å². The lowest BCUT2D eigenvalue weighted by Gasteiger charge is -1.94. The zero-order chi connectivity index (χ0) is 14.7. The smallest absolute Gasteiger partial charge is 0.186 e. The molecule has 2 heterocycles. The second-order valence-electron chi connectivity index (χ2n) is 4.26. The fourth-order valence-electron chi connectivity index (χ4n) is 1.78. The molecule has 2 aromatic heterocycles. The van der Waals surface area contributed by atoms with E-state index in [4.69, 9.17) is 0 Å². The molecule has 0 amide bonds. The van der Waals surface area contributed by atoms with Crippen LogP contribution in [-0.2, 0) is 0 Å². The first-order valence-corrected chi connectivity index (χ1v) is 7.96. The van der Waals surface area contributed by atoms with Crippen LogP contribution in [0.5, 0.6) is 0 Å². The zero-order valence-electron chi connectivity index (χ0n) is 10.8. The van der Waals surface area contributed by atoms with Gasteiger partial charge in [0.2, 0.25) is 0 Å². The monoisotopic (exact) mass is 315 g/mol. The quantitative estimate of drug-likeness (QED) is 0.506. The number of rotatable bonds is 4.